The lowest BCUT2D eigenvalue weighted by Crippen LogP contribution is -2.27. The standard InChI is InChI=1S/C12H16ClNO3/c1-7-5-8(13)6-9(11(7)16-3)10(14-2)12(15)17-4/h5-6,10,14H,1-4H3. The molecule has 0 saturated heterocycles. The number of likely N-dealkylation sites (N-methyl/N-ethyl adjacent to an activating group) is 1. The van der Waals surface area contributed by atoms with Crippen molar-refractivity contribution in [2.75, 3.05) is 21.3 Å². The van der Waals surface area contributed by atoms with Crippen molar-refractivity contribution >= 4 is 17.6 Å². The number of ether oxygens (including phenoxy) is 2. The molecular formula is C12H16ClNO3. The molecule has 1 rings (SSSR count). The zero-order valence-corrected chi connectivity index (χ0v) is 11.1. The van der Waals surface area contributed by atoms with E-state index in [1.54, 1.807) is 26.3 Å². The predicted octanol–water partition coefficient (Wildman–Crippen LogP) is 2.09. The number of nitrogens with one attached hydrogen (secondary N) is 1. The smallest absolute Gasteiger partial charge is 0.327 e. The molecule has 1 N–H and O–H groups in total. The van der Waals surface area contributed by atoms with Gasteiger partial charge in [0.15, 0.2) is 0 Å². The van der Waals surface area contributed by atoms with E-state index in [9.17, 15) is 4.79 Å². The van der Waals surface area contributed by atoms with Crippen molar-refractivity contribution in [3.63, 3.8) is 0 Å². The van der Waals surface area contributed by atoms with Crippen LogP contribution in [-0.4, -0.2) is 27.2 Å². The van der Waals surface area contributed by atoms with Crippen LogP contribution >= 0.6 is 11.6 Å². The fourth-order valence-electron chi connectivity index (χ4n) is 1.77. The summed E-state index contributed by atoms with van der Waals surface area (Å²) < 4.78 is 10.0. The second-order valence-corrected chi connectivity index (χ2v) is 4.03. The first kappa shape index (κ1) is 13.8. The molecule has 0 aliphatic heterocycles. The Labute approximate surface area is 106 Å². The monoisotopic (exact) mass is 257 g/mol. The molecular weight excluding hydrogens is 242 g/mol. The van der Waals surface area contributed by atoms with E-state index in [-0.39, 0.29) is 5.97 Å². The van der Waals surface area contributed by atoms with Gasteiger partial charge in [-0.3, -0.25) is 0 Å². The van der Waals surface area contributed by atoms with Crippen LogP contribution in [0.2, 0.25) is 5.02 Å². The Morgan fingerprint density at radius 2 is 2.06 bits per heavy atom. The molecule has 0 aromatic heterocycles. The van der Waals surface area contributed by atoms with Crippen molar-refractivity contribution < 1.29 is 14.3 Å². The minimum absolute atomic E-state index is 0.382. The maximum absolute atomic E-state index is 11.7. The molecule has 5 heteroatoms. The molecule has 94 valence electrons. The van der Waals surface area contributed by atoms with Gasteiger partial charge in [-0.2, -0.15) is 0 Å². The van der Waals surface area contributed by atoms with Gasteiger partial charge in [-0.05, 0) is 31.7 Å². The van der Waals surface area contributed by atoms with E-state index >= 15 is 0 Å². The average molecular weight is 258 g/mol. The van der Waals surface area contributed by atoms with E-state index in [1.807, 2.05) is 6.92 Å². The largest absolute Gasteiger partial charge is 0.496 e. The van der Waals surface area contributed by atoms with Crippen molar-refractivity contribution in [3.05, 3.63) is 28.3 Å². The Balaban J connectivity index is 3.31. The van der Waals surface area contributed by atoms with Crippen LogP contribution in [0.4, 0.5) is 0 Å². The van der Waals surface area contributed by atoms with E-state index < -0.39 is 6.04 Å². The van der Waals surface area contributed by atoms with Crippen LogP contribution in [0.25, 0.3) is 0 Å². The molecule has 0 aliphatic carbocycles. The number of hydrogen-bond donors (Lipinski definition) is 1. The second kappa shape index (κ2) is 5.89. The van der Waals surface area contributed by atoms with Crippen LogP contribution in [0.1, 0.15) is 17.2 Å². The Hall–Kier alpha value is -1.26. The number of methoxy groups -OCH3 is 2. The summed E-state index contributed by atoms with van der Waals surface area (Å²) in [4.78, 5) is 11.7. The third kappa shape index (κ3) is 2.90. The number of rotatable bonds is 4. The molecule has 0 radical (unpaired) electrons. The minimum atomic E-state index is -0.590. The summed E-state index contributed by atoms with van der Waals surface area (Å²) in [6.07, 6.45) is 0. The van der Waals surface area contributed by atoms with Crippen molar-refractivity contribution in [1.29, 1.82) is 0 Å². The Morgan fingerprint density at radius 3 is 2.53 bits per heavy atom. The third-order valence-corrected chi connectivity index (χ3v) is 2.73. The van der Waals surface area contributed by atoms with Crippen molar-refractivity contribution in [1.82, 2.24) is 5.32 Å². The normalized spacial score (nSPS) is 12.1. The van der Waals surface area contributed by atoms with Gasteiger partial charge in [0.25, 0.3) is 0 Å². The lowest BCUT2D eigenvalue weighted by atomic mass is 10.0. The van der Waals surface area contributed by atoms with E-state index in [4.69, 9.17) is 21.1 Å². The van der Waals surface area contributed by atoms with Gasteiger partial charge in [-0.1, -0.05) is 11.6 Å². The highest BCUT2D eigenvalue weighted by Gasteiger charge is 2.24. The van der Waals surface area contributed by atoms with E-state index in [0.717, 1.165) is 5.56 Å². The van der Waals surface area contributed by atoms with Gasteiger partial charge in [0.2, 0.25) is 0 Å². The van der Waals surface area contributed by atoms with E-state index in [2.05, 4.69) is 5.32 Å². The molecule has 0 heterocycles. The van der Waals surface area contributed by atoms with Gasteiger partial charge in [0.1, 0.15) is 11.8 Å². The molecule has 0 aliphatic rings. The molecule has 0 bridgehead atoms. The van der Waals surface area contributed by atoms with Crippen molar-refractivity contribution in [2.45, 2.75) is 13.0 Å². The van der Waals surface area contributed by atoms with Crippen LogP contribution in [0, 0.1) is 6.92 Å². The first-order chi connectivity index (χ1) is 8.04. The molecule has 0 fully saturated rings. The van der Waals surface area contributed by atoms with Gasteiger partial charge in [0, 0.05) is 10.6 Å². The molecule has 17 heavy (non-hydrogen) atoms. The summed E-state index contributed by atoms with van der Waals surface area (Å²) in [7, 11) is 4.58. The number of halogens is 1. The summed E-state index contributed by atoms with van der Waals surface area (Å²) in [5.74, 6) is 0.256. The first-order valence-corrected chi connectivity index (χ1v) is 5.52. The number of aryl methyl sites for hydroxylation is 1. The highest BCUT2D eigenvalue weighted by molar-refractivity contribution is 6.30. The Morgan fingerprint density at radius 1 is 1.41 bits per heavy atom. The Kier molecular flexibility index (Phi) is 4.78. The lowest BCUT2D eigenvalue weighted by molar-refractivity contribution is -0.143. The summed E-state index contributed by atoms with van der Waals surface area (Å²) >= 11 is 5.99. The van der Waals surface area contributed by atoms with Crippen LogP contribution < -0.4 is 10.1 Å². The predicted molar refractivity (Wildman–Crippen MR) is 66.6 cm³/mol. The summed E-state index contributed by atoms with van der Waals surface area (Å²) in [6, 6.07) is 2.90. The molecule has 1 aromatic rings. The molecule has 1 atom stereocenters. The number of esters is 1. The highest BCUT2D eigenvalue weighted by Crippen LogP contribution is 2.32. The average Bonchev–Trinajstić information content (AvgIpc) is 2.29. The van der Waals surface area contributed by atoms with Gasteiger partial charge in [0.05, 0.1) is 14.2 Å². The van der Waals surface area contributed by atoms with E-state index in [0.29, 0.717) is 16.3 Å². The highest BCUT2D eigenvalue weighted by atomic mass is 35.5. The number of carbonyl (C=O) groups excluding carboxylic acids is 1. The Bertz CT molecular complexity index is 420. The fraction of sp³-hybridized carbons (Fsp3) is 0.417. The van der Waals surface area contributed by atoms with Crippen LogP contribution in [0.3, 0.4) is 0 Å². The van der Waals surface area contributed by atoms with Gasteiger partial charge in [-0.15, -0.1) is 0 Å². The maximum Gasteiger partial charge on any atom is 0.327 e. The van der Waals surface area contributed by atoms with Crippen LogP contribution in [0.15, 0.2) is 12.1 Å². The zero-order valence-electron chi connectivity index (χ0n) is 10.3. The van der Waals surface area contributed by atoms with Crippen LogP contribution in [0.5, 0.6) is 5.75 Å². The maximum atomic E-state index is 11.7. The third-order valence-electron chi connectivity index (χ3n) is 2.51. The minimum Gasteiger partial charge on any atom is -0.496 e. The van der Waals surface area contributed by atoms with Crippen LogP contribution in [-0.2, 0) is 9.53 Å². The van der Waals surface area contributed by atoms with Crippen molar-refractivity contribution in [2.24, 2.45) is 0 Å². The van der Waals surface area contributed by atoms with Gasteiger partial charge < -0.3 is 14.8 Å². The van der Waals surface area contributed by atoms with Crippen molar-refractivity contribution in [3.8, 4) is 5.75 Å². The topological polar surface area (TPSA) is 47.6 Å². The molecule has 0 saturated carbocycles. The lowest BCUT2D eigenvalue weighted by Gasteiger charge is -2.19. The number of carbonyl (C=O) groups is 1. The summed E-state index contributed by atoms with van der Waals surface area (Å²) in [5.41, 5.74) is 1.55. The summed E-state index contributed by atoms with van der Waals surface area (Å²) in [5, 5.41) is 3.44. The van der Waals surface area contributed by atoms with Gasteiger partial charge in [-0.25, -0.2) is 4.79 Å². The van der Waals surface area contributed by atoms with E-state index in [1.165, 1.54) is 7.11 Å². The zero-order chi connectivity index (χ0) is 13.0. The fourth-order valence-corrected chi connectivity index (χ4v) is 2.05. The second-order valence-electron chi connectivity index (χ2n) is 3.59. The number of hydrogen-bond acceptors (Lipinski definition) is 4. The molecule has 0 amide bonds. The quantitative estimate of drug-likeness (QED) is 0.839. The number of benzene rings is 1. The SMILES string of the molecule is CNC(C(=O)OC)c1cc(Cl)cc(C)c1OC. The van der Waals surface area contributed by atoms with Gasteiger partial charge >= 0.3 is 5.97 Å². The summed E-state index contributed by atoms with van der Waals surface area (Å²) in [6.45, 7) is 1.87. The molecule has 1 unspecified atom stereocenters. The first-order valence-electron chi connectivity index (χ1n) is 5.14. The molecule has 4 nitrogen and oxygen atoms in total. The molecule has 0 spiro atoms. The molecule has 1 aromatic carbocycles.